The molecule has 0 saturated heterocycles. The first kappa shape index (κ1) is 19.6. The Bertz CT molecular complexity index is 1070. The first-order chi connectivity index (χ1) is 14.1. The summed E-state index contributed by atoms with van der Waals surface area (Å²) in [6, 6.07) is 23.1. The molecule has 0 radical (unpaired) electrons. The maximum absolute atomic E-state index is 12.9. The molecule has 0 fully saturated rings. The number of hydrogen-bond donors (Lipinski definition) is 1. The Morgan fingerprint density at radius 1 is 0.931 bits per heavy atom. The number of hydrogen-bond acceptors (Lipinski definition) is 5. The van der Waals surface area contributed by atoms with Crippen LogP contribution in [0.3, 0.4) is 0 Å². The summed E-state index contributed by atoms with van der Waals surface area (Å²) in [5.41, 5.74) is 2.91. The zero-order valence-corrected chi connectivity index (χ0v) is 15.7. The van der Waals surface area contributed by atoms with Gasteiger partial charge < -0.3 is 14.8 Å². The number of methoxy groups -OCH3 is 1. The molecule has 3 aromatic rings. The summed E-state index contributed by atoms with van der Waals surface area (Å²) in [6.07, 6.45) is 0. The van der Waals surface area contributed by atoms with Crippen LogP contribution in [0.1, 0.15) is 15.9 Å². The van der Waals surface area contributed by atoms with Crippen molar-refractivity contribution in [2.75, 3.05) is 19.0 Å². The van der Waals surface area contributed by atoms with E-state index in [1.807, 2.05) is 24.3 Å². The van der Waals surface area contributed by atoms with Crippen molar-refractivity contribution in [3.63, 3.8) is 0 Å². The van der Waals surface area contributed by atoms with Crippen molar-refractivity contribution < 1.29 is 19.1 Å². The minimum Gasteiger partial charge on any atom is -0.482 e. The lowest BCUT2D eigenvalue weighted by atomic mass is 9.95. The normalized spacial score (nSPS) is 9.93. The number of anilines is 1. The van der Waals surface area contributed by atoms with Crippen molar-refractivity contribution in [2.24, 2.45) is 0 Å². The van der Waals surface area contributed by atoms with Crippen LogP contribution in [0.5, 0.6) is 5.75 Å². The molecule has 0 saturated carbocycles. The Hall–Kier alpha value is -4.11. The van der Waals surface area contributed by atoms with E-state index in [4.69, 9.17) is 4.74 Å². The third-order valence-corrected chi connectivity index (χ3v) is 4.21. The summed E-state index contributed by atoms with van der Waals surface area (Å²) in [7, 11) is 1.29. The molecule has 0 aromatic heterocycles. The van der Waals surface area contributed by atoms with Gasteiger partial charge in [0.1, 0.15) is 5.75 Å². The van der Waals surface area contributed by atoms with Crippen molar-refractivity contribution in [1.82, 2.24) is 0 Å². The van der Waals surface area contributed by atoms with Gasteiger partial charge in [-0.05, 0) is 42.0 Å². The van der Waals surface area contributed by atoms with Crippen LogP contribution in [0.2, 0.25) is 0 Å². The van der Waals surface area contributed by atoms with E-state index in [2.05, 4.69) is 16.1 Å². The van der Waals surface area contributed by atoms with Gasteiger partial charge >= 0.3 is 5.97 Å². The van der Waals surface area contributed by atoms with E-state index in [1.165, 1.54) is 7.11 Å². The van der Waals surface area contributed by atoms with Crippen molar-refractivity contribution in [3.05, 3.63) is 83.9 Å². The molecule has 3 rings (SSSR count). The molecule has 3 aromatic carbocycles. The lowest BCUT2D eigenvalue weighted by molar-refractivity contribution is -0.142. The van der Waals surface area contributed by atoms with Gasteiger partial charge in [-0.3, -0.25) is 4.79 Å². The highest BCUT2D eigenvalue weighted by Crippen LogP contribution is 2.27. The monoisotopic (exact) mass is 386 g/mol. The minimum absolute atomic E-state index is 0.187. The van der Waals surface area contributed by atoms with Crippen LogP contribution in [-0.2, 0) is 9.53 Å². The number of nitrogens with one attached hydrogen (secondary N) is 1. The second kappa shape index (κ2) is 9.20. The van der Waals surface area contributed by atoms with E-state index in [0.29, 0.717) is 33.7 Å². The largest absolute Gasteiger partial charge is 0.482 e. The summed E-state index contributed by atoms with van der Waals surface area (Å²) >= 11 is 0. The third kappa shape index (κ3) is 4.79. The molecule has 1 amide bonds. The fraction of sp³-hybridized carbons (Fsp3) is 0.0870. The van der Waals surface area contributed by atoms with Crippen LogP contribution < -0.4 is 10.1 Å². The first-order valence-electron chi connectivity index (χ1n) is 8.82. The van der Waals surface area contributed by atoms with E-state index in [-0.39, 0.29) is 12.5 Å². The van der Waals surface area contributed by atoms with E-state index in [1.54, 1.807) is 48.5 Å². The van der Waals surface area contributed by atoms with Crippen LogP contribution in [0.25, 0.3) is 11.1 Å². The molecule has 0 aliphatic carbocycles. The van der Waals surface area contributed by atoms with E-state index in [0.717, 1.165) is 0 Å². The number of amides is 1. The summed E-state index contributed by atoms with van der Waals surface area (Å²) in [4.78, 5) is 24.0. The van der Waals surface area contributed by atoms with Crippen molar-refractivity contribution in [1.29, 1.82) is 5.26 Å². The molecule has 0 heterocycles. The Morgan fingerprint density at radius 3 is 2.28 bits per heavy atom. The zero-order chi connectivity index (χ0) is 20.6. The number of carbonyl (C=O) groups is 2. The van der Waals surface area contributed by atoms with Gasteiger partial charge in [0, 0.05) is 16.8 Å². The maximum Gasteiger partial charge on any atom is 0.343 e. The summed E-state index contributed by atoms with van der Waals surface area (Å²) in [5, 5.41) is 12.2. The number of nitrogens with zero attached hydrogens (tertiary/aromatic N) is 1. The third-order valence-electron chi connectivity index (χ3n) is 4.21. The van der Waals surface area contributed by atoms with E-state index >= 15 is 0 Å². The molecule has 1 N–H and O–H groups in total. The number of ether oxygens (including phenoxy) is 2. The Kier molecular flexibility index (Phi) is 6.23. The lowest BCUT2D eigenvalue weighted by Gasteiger charge is -2.12. The van der Waals surface area contributed by atoms with Crippen LogP contribution in [0, 0.1) is 11.3 Å². The number of carbonyl (C=O) groups excluding carboxylic acids is 2. The fourth-order valence-corrected chi connectivity index (χ4v) is 2.77. The summed E-state index contributed by atoms with van der Waals surface area (Å²) < 4.78 is 9.81. The van der Waals surface area contributed by atoms with Gasteiger partial charge in [0.2, 0.25) is 0 Å². The molecule has 0 aliphatic heterocycles. The smallest absolute Gasteiger partial charge is 0.343 e. The summed E-state index contributed by atoms with van der Waals surface area (Å²) in [5.74, 6) is -0.287. The number of esters is 1. The van der Waals surface area contributed by atoms with Crippen molar-refractivity contribution in [3.8, 4) is 22.9 Å². The standard InChI is InChI=1S/C23H18N2O4/c1-28-22(26)15-29-18-12-10-17(11-13-18)25-23(27)21-9-5-4-8-20(21)19-7-3-2-6-16(19)14-24/h2-13H,15H2,1H3,(H,25,27). The van der Waals surface area contributed by atoms with Crippen LogP contribution in [0.15, 0.2) is 72.8 Å². The molecular formula is C23H18N2O4. The van der Waals surface area contributed by atoms with Crippen LogP contribution in [0.4, 0.5) is 5.69 Å². The zero-order valence-electron chi connectivity index (χ0n) is 15.7. The highest BCUT2D eigenvalue weighted by molar-refractivity contribution is 6.09. The van der Waals surface area contributed by atoms with Gasteiger partial charge in [-0.1, -0.05) is 36.4 Å². The van der Waals surface area contributed by atoms with Gasteiger partial charge in [-0.25, -0.2) is 4.79 Å². The predicted molar refractivity (Wildman–Crippen MR) is 108 cm³/mol. The fourth-order valence-electron chi connectivity index (χ4n) is 2.77. The predicted octanol–water partition coefficient (Wildman–Crippen LogP) is 4.03. The van der Waals surface area contributed by atoms with Gasteiger partial charge in [-0.2, -0.15) is 5.26 Å². The average Bonchev–Trinajstić information content (AvgIpc) is 2.78. The second-order valence-corrected chi connectivity index (χ2v) is 6.05. The molecule has 0 bridgehead atoms. The van der Waals surface area contributed by atoms with Gasteiger partial charge in [-0.15, -0.1) is 0 Å². The first-order valence-corrected chi connectivity index (χ1v) is 8.82. The molecule has 0 atom stereocenters. The van der Waals surface area contributed by atoms with Crippen LogP contribution >= 0.6 is 0 Å². The topological polar surface area (TPSA) is 88.4 Å². The van der Waals surface area contributed by atoms with Gasteiger partial charge in [0.25, 0.3) is 5.91 Å². The maximum atomic E-state index is 12.9. The number of rotatable bonds is 6. The molecule has 0 aliphatic rings. The molecule has 6 nitrogen and oxygen atoms in total. The van der Waals surface area contributed by atoms with Gasteiger partial charge in [0.05, 0.1) is 18.7 Å². The minimum atomic E-state index is -0.475. The van der Waals surface area contributed by atoms with Crippen molar-refractivity contribution in [2.45, 2.75) is 0 Å². The van der Waals surface area contributed by atoms with E-state index in [9.17, 15) is 14.9 Å². The SMILES string of the molecule is COC(=O)COc1ccc(NC(=O)c2ccccc2-c2ccccc2C#N)cc1. The lowest BCUT2D eigenvalue weighted by Crippen LogP contribution is -2.14. The highest BCUT2D eigenvalue weighted by atomic mass is 16.6. The van der Waals surface area contributed by atoms with Crippen molar-refractivity contribution >= 4 is 17.6 Å². The average molecular weight is 386 g/mol. The molecule has 29 heavy (non-hydrogen) atoms. The Labute approximate surface area is 168 Å². The van der Waals surface area contributed by atoms with E-state index < -0.39 is 5.97 Å². The second-order valence-electron chi connectivity index (χ2n) is 6.05. The highest BCUT2D eigenvalue weighted by Gasteiger charge is 2.15. The molecule has 144 valence electrons. The molecule has 0 unspecified atom stereocenters. The quantitative estimate of drug-likeness (QED) is 0.646. The molecule has 0 spiro atoms. The Balaban J connectivity index is 1.78. The molecule has 6 heteroatoms. The van der Waals surface area contributed by atoms with Gasteiger partial charge in [0.15, 0.2) is 6.61 Å². The summed E-state index contributed by atoms with van der Waals surface area (Å²) in [6.45, 7) is -0.187. The number of benzene rings is 3. The molecular weight excluding hydrogens is 368 g/mol. The Morgan fingerprint density at radius 2 is 1.59 bits per heavy atom. The number of nitriles is 1. The van der Waals surface area contributed by atoms with Crippen LogP contribution in [-0.4, -0.2) is 25.6 Å².